The Morgan fingerprint density at radius 1 is 0.286 bits per heavy atom. The Morgan fingerprint density at radius 3 is 1.19 bits per heavy atom. The number of benzene rings is 8. The molecular formula is C59H40N4. The molecule has 0 aliphatic rings. The molecule has 4 heterocycles. The van der Waals surface area contributed by atoms with Crippen LogP contribution in [-0.4, -0.2) is 19.9 Å². The molecule has 4 heteroatoms. The van der Waals surface area contributed by atoms with Gasteiger partial charge in [-0.3, -0.25) is 0 Å². The molecule has 4 aromatic heterocycles. The summed E-state index contributed by atoms with van der Waals surface area (Å²) < 4.78 is 0. The van der Waals surface area contributed by atoms with Crippen molar-refractivity contribution >= 4 is 65.2 Å². The van der Waals surface area contributed by atoms with E-state index in [1.54, 1.807) is 0 Å². The number of hydrogen-bond donors (Lipinski definition) is 0. The Hall–Kier alpha value is -8.08. The van der Waals surface area contributed by atoms with Crippen LogP contribution in [0.2, 0.25) is 0 Å². The quantitative estimate of drug-likeness (QED) is 0.157. The van der Waals surface area contributed by atoms with Crippen LogP contribution in [0.1, 0.15) is 25.0 Å². The lowest BCUT2D eigenvalue weighted by atomic mass is 9.77. The molecule has 0 radical (unpaired) electrons. The highest BCUT2D eigenvalue weighted by Crippen LogP contribution is 2.37. The maximum absolute atomic E-state index is 5.31. The molecule has 4 nitrogen and oxygen atoms in total. The van der Waals surface area contributed by atoms with E-state index in [-0.39, 0.29) is 5.41 Å². The molecule has 63 heavy (non-hydrogen) atoms. The monoisotopic (exact) mass is 804 g/mol. The summed E-state index contributed by atoms with van der Waals surface area (Å²) in [6.07, 6.45) is 0. The fourth-order valence-electron chi connectivity index (χ4n) is 9.35. The highest BCUT2D eigenvalue weighted by atomic mass is 14.8. The number of pyridine rings is 4. The second kappa shape index (κ2) is 14.5. The third-order valence-corrected chi connectivity index (χ3v) is 13.0. The highest BCUT2D eigenvalue weighted by Gasteiger charge is 2.24. The highest BCUT2D eigenvalue weighted by molar-refractivity contribution is 6.07. The molecule has 8 aromatic carbocycles. The van der Waals surface area contributed by atoms with Crippen molar-refractivity contribution in [2.24, 2.45) is 0 Å². The maximum Gasteiger partial charge on any atom is 0.0972 e. The summed E-state index contributed by atoms with van der Waals surface area (Å²) >= 11 is 0. The van der Waals surface area contributed by atoms with Gasteiger partial charge in [-0.25, -0.2) is 19.9 Å². The minimum atomic E-state index is -0.276. The summed E-state index contributed by atoms with van der Waals surface area (Å²) in [6, 6.07) is 73.2. The summed E-state index contributed by atoms with van der Waals surface area (Å²) in [4.78, 5) is 21.1. The zero-order valence-electron chi connectivity index (χ0n) is 34.9. The molecule has 0 fully saturated rings. The molecule has 0 N–H and O–H groups in total. The normalized spacial score (nSPS) is 12.0. The van der Waals surface area contributed by atoms with Crippen molar-refractivity contribution in [3.63, 3.8) is 0 Å². The number of fused-ring (bicyclic) bond motifs is 8. The van der Waals surface area contributed by atoms with Crippen LogP contribution >= 0.6 is 0 Å². The van der Waals surface area contributed by atoms with E-state index in [0.717, 1.165) is 88.6 Å². The fraction of sp³-hybridized carbons (Fsp3) is 0.0508. The van der Waals surface area contributed by atoms with Crippen molar-refractivity contribution in [2.45, 2.75) is 19.3 Å². The van der Waals surface area contributed by atoms with Crippen molar-refractivity contribution < 1.29 is 0 Å². The number of aromatic nitrogens is 4. The molecule has 0 unspecified atom stereocenters. The third kappa shape index (κ3) is 6.30. The van der Waals surface area contributed by atoms with Gasteiger partial charge in [0.15, 0.2) is 0 Å². The predicted molar refractivity (Wildman–Crippen MR) is 263 cm³/mol. The van der Waals surface area contributed by atoms with Gasteiger partial charge in [0.1, 0.15) is 0 Å². The van der Waals surface area contributed by atoms with Crippen LogP contribution in [0, 0.1) is 0 Å². The molecule has 0 saturated heterocycles. The molecule has 12 rings (SSSR count). The zero-order chi connectivity index (χ0) is 42.1. The van der Waals surface area contributed by atoms with Crippen LogP contribution < -0.4 is 0 Å². The Balaban J connectivity index is 0.868. The molecule has 0 saturated carbocycles. The molecule has 0 spiro atoms. The smallest absolute Gasteiger partial charge is 0.0972 e. The summed E-state index contributed by atoms with van der Waals surface area (Å²) in [5, 5.41) is 9.08. The van der Waals surface area contributed by atoms with Crippen LogP contribution in [0.5, 0.6) is 0 Å². The van der Waals surface area contributed by atoms with Crippen molar-refractivity contribution in [2.75, 3.05) is 0 Å². The van der Waals surface area contributed by atoms with E-state index < -0.39 is 0 Å². The van der Waals surface area contributed by atoms with E-state index in [0.29, 0.717) is 0 Å². The lowest BCUT2D eigenvalue weighted by molar-refractivity contribution is 0.641. The van der Waals surface area contributed by atoms with Gasteiger partial charge in [0.05, 0.1) is 44.8 Å². The van der Waals surface area contributed by atoms with Crippen LogP contribution in [-0.2, 0) is 5.41 Å². The van der Waals surface area contributed by atoms with Crippen molar-refractivity contribution in [1.82, 2.24) is 19.9 Å². The average molecular weight is 805 g/mol. The van der Waals surface area contributed by atoms with Gasteiger partial charge in [0, 0.05) is 49.2 Å². The molecule has 0 atom stereocenters. The number of rotatable bonds is 6. The third-order valence-electron chi connectivity index (χ3n) is 13.0. The summed E-state index contributed by atoms with van der Waals surface area (Å²) in [7, 11) is 0. The second-order valence-corrected chi connectivity index (χ2v) is 17.0. The van der Waals surface area contributed by atoms with Gasteiger partial charge in [-0.2, -0.15) is 0 Å². The lowest BCUT2D eigenvalue weighted by Gasteiger charge is -2.27. The minimum Gasteiger partial charge on any atom is -0.245 e. The Bertz CT molecular complexity index is 3760. The summed E-state index contributed by atoms with van der Waals surface area (Å²) in [5.41, 5.74) is 13.9. The van der Waals surface area contributed by atoms with Gasteiger partial charge in [-0.05, 0) is 63.0 Å². The molecule has 0 amide bonds. The maximum atomic E-state index is 5.31. The average Bonchev–Trinajstić information content (AvgIpc) is 3.35. The summed E-state index contributed by atoms with van der Waals surface area (Å²) in [6.45, 7) is 4.58. The first kappa shape index (κ1) is 36.7. The Morgan fingerprint density at radius 2 is 0.683 bits per heavy atom. The van der Waals surface area contributed by atoms with Crippen molar-refractivity contribution in [1.29, 1.82) is 0 Å². The Kier molecular flexibility index (Phi) is 8.48. The molecule has 12 aromatic rings. The van der Waals surface area contributed by atoms with Crippen LogP contribution in [0.25, 0.3) is 110 Å². The topological polar surface area (TPSA) is 51.6 Å². The SMILES string of the molecule is CC(C)(c1ccc(-c2ccc3ccc4ccc(-c5cccc6ccccc56)nc4c3n2)cc1)c1cccc(-c2ccc3ccc4ccc(-c5cccc6ccccc56)nc4c3n2)c1. The zero-order valence-corrected chi connectivity index (χ0v) is 34.9. The van der Waals surface area contributed by atoms with Gasteiger partial charge < -0.3 is 0 Å². The first-order chi connectivity index (χ1) is 30.9. The van der Waals surface area contributed by atoms with Crippen LogP contribution in [0.15, 0.2) is 206 Å². The standard InChI is InChI=1S/C59H40N4/c1-59(2,45-30-24-39(25-31-45)51-32-26-40-20-22-42-28-34-53(62-57(42)55(40)60-51)49-18-8-12-37-10-3-5-16-47(37)49)46-15-7-14-44(36-46)52-33-27-41-21-23-43-29-35-54(63-58(43)56(41)61-52)50-19-9-13-38-11-4-6-17-48(38)50/h3-36H,1-2H3. The predicted octanol–water partition coefficient (Wildman–Crippen LogP) is 15.2. The largest absolute Gasteiger partial charge is 0.245 e. The van der Waals surface area contributed by atoms with Gasteiger partial charge in [-0.15, -0.1) is 0 Å². The molecule has 0 aliphatic heterocycles. The van der Waals surface area contributed by atoms with Gasteiger partial charge >= 0.3 is 0 Å². The van der Waals surface area contributed by atoms with E-state index in [2.05, 4.69) is 220 Å². The van der Waals surface area contributed by atoms with E-state index in [1.165, 1.54) is 32.7 Å². The van der Waals surface area contributed by atoms with E-state index in [9.17, 15) is 0 Å². The van der Waals surface area contributed by atoms with E-state index in [4.69, 9.17) is 19.9 Å². The van der Waals surface area contributed by atoms with E-state index in [1.807, 2.05) is 0 Å². The van der Waals surface area contributed by atoms with Gasteiger partial charge in [-0.1, -0.05) is 190 Å². The first-order valence-corrected chi connectivity index (χ1v) is 21.5. The Labute approximate surface area is 365 Å². The molecular weight excluding hydrogens is 765 g/mol. The number of hydrogen-bond acceptors (Lipinski definition) is 4. The molecule has 0 bridgehead atoms. The second-order valence-electron chi connectivity index (χ2n) is 17.0. The van der Waals surface area contributed by atoms with E-state index >= 15 is 0 Å². The van der Waals surface area contributed by atoms with Gasteiger partial charge in [0.2, 0.25) is 0 Å². The van der Waals surface area contributed by atoms with Crippen molar-refractivity contribution in [3.8, 4) is 45.0 Å². The van der Waals surface area contributed by atoms with Crippen LogP contribution in [0.3, 0.4) is 0 Å². The van der Waals surface area contributed by atoms with Crippen LogP contribution in [0.4, 0.5) is 0 Å². The summed E-state index contributed by atoms with van der Waals surface area (Å²) in [5.74, 6) is 0. The van der Waals surface area contributed by atoms with Gasteiger partial charge in [0.25, 0.3) is 0 Å². The number of nitrogens with zero attached hydrogens (tertiary/aromatic N) is 4. The first-order valence-electron chi connectivity index (χ1n) is 21.5. The van der Waals surface area contributed by atoms with Crippen molar-refractivity contribution in [3.05, 3.63) is 217 Å². The minimum absolute atomic E-state index is 0.276. The fourth-order valence-corrected chi connectivity index (χ4v) is 9.35. The molecule has 296 valence electrons. The molecule has 0 aliphatic carbocycles. The lowest BCUT2D eigenvalue weighted by Crippen LogP contribution is -2.18.